The Labute approximate surface area is 126 Å². The highest BCUT2D eigenvalue weighted by atomic mass is 32.2. The van der Waals surface area contributed by atoms with Gasteiger partial charge in [-0.05, 0) is 36.4 Å². The first-order chi connectivity index (χ1) is 9.52. The largest absolute Gasteiger partial charge is 0.385 e. The molecule has 0 aliphatic heterocycles. The average Bonchev–Trinajstić information content (AvgIpc) is 2.88. The Balaban J connectivity index is 2.62. The Kier molecular flexibility index (Phi) is 7.68. The third-order valence-corrected chi connectivity index (χ3v) is 6.19. The van der Waals surface area contributed by atoms with Crippen molar-refractivity contribution in [3.63, 3.8) is 0 Å². The van der Waals surface area contributed by atoms with Crippen molar-refractivity contribution in [3.8, 4) is 0 Å². The van der Waals surface area contributed by atoms with Crippen LogP contribution in [0.15, 0.2) is 15.7 Å². The zero-order valence-electron chi connectivity index (χ0n) is 12.4. The van der Waals surface area contributed by atoms with Gasteiger partial charge in [0.2, 0.25) is 0 Å². The van der Waals surface area contributed by atoms with E-state index in [1.165, 1.54) is 15.6 Å². The first kappa shape index (κ1) is 17.6. The molecule has 0 amide bonds. The summed E-state index contributed by atoms with van der Waals surface area (Å²) in [5.41, 5.74) is 1.02. The molecule has 0 saturated heterocycles. The average molecular weight is 320 g/mol. The van der Waals surface area contributed by atoms with Crippen molar-refractivity contribution in [2.24, 2.45) is 0 Å². The summed E-state index contributed by atoms with van der Waals surface area (Å²) in [4.78, 5) is 0. The molecule has 0 saturated carbocycles. The van der Waals surface area contributed by atoms with Gasteiger partial charge in [0.25, 0.3) is 10.0 Å². The predicted molar refractivity (Wildman–Crippen MR) is 82.6 cm³/mol. The lowest BCUT2D eigenvalue weighted by atomic mass is 10.3. The zero-order chi connectivity index (χ0) is 15.0. The number of nitrogens with zero attached hydrogens (tertiary/aromatic N) is 1. The molecule has 0 aliphatic rings. The van der Waals surface area contributed by atoms with E-state index in [0.29, 0.717) is 30.3 Å². The van der Waals surface area contributed by atoms with Crippen LogP contribution in [0.1, 0.15) is 25.3 Å². The maximum atomic E-state index is 12.3. The summed E-state index contributed by atoms with van der Waals surface area (Å²) < 4.78 is 31.4. The lowest BCUT2D eigenvalue weighted by Crippen LogP contribution is -2.28. The fraction of sp³-hybridized carbons (Fsp3) is 0.692. The fourth-order valence-electron chi connectivity index (χ4n) is 1.70. The van der Waals surface area contributed by atoms with Crippen LogP contribution in [0.3, 0.4) is 0 Å². The van der Waals surface area contributed by atoms with E-state index in [4.69, 9.17) is 4.74 Å². The number of thiophene rings is 1. The van der Waals surface area contributed by atoms with E-state index < -0.39 is 10.0 Å². The highest BCUT2D eigenvalue weighted by molar-refractivity contribution is 7.91. The molecule has 0 unspecified atom stereocenters. The molecular formula is C13H24N2O3S2. The summed E-state index contributed by atoms with van der Waals surface area (Å²) in [6.07, 6.45) is 1.76. The van der Waals surface area contributed by atoms with Gasteiger partial charge >= 0.3 is 0 Å². The number of methoxy groups -OCH3 is 1. The molecule has 1 N–H and O–H groups in total. The summed E-state index contributed by atoms with van der Waals surface area (Å²) in [5, 5.41) is 5.17. The van der Waals surface area contributed by atoms with E-state index in [9.17, 15) is 8.42 Å². The van der Waals surface area contributed by atoms with Crippen LogP contribution in [0, 0.1) is 0 Å². The van der Waals surface area contributed by atoms with E-state index in [2.05, 4.69) is 12.2 Å². The third kappa shape index (κ3) is 5.14. The molecule has 5 nitrogen and oxygen atoms in total. The molecule has 1 aromatic heterocycles. The molecule has 1 rings (SSSR count). The van der Waals surface area contributed by atoms with Crippen LogP contribution in [-0.4, -0.2) is 46.6 Å². The molecule has 1 heterocycles. The first-order valence-corrected chi connectivity index (χ1v) is 9.07. The molecule has 0 fully saturated rings. The van der Waals surface area contributed by atoms with Crippen LogP contribution < -0.4 is 5.32 Å². The maximum Gasteiger partial charge on any atom is 0.252 e. The molecule has 0 atom stereocenters. The second kappa shape index (κ2) is 8.74. The minimum Gasteiger partial charge on any atom is -0.385 e. The number of ether oxygens (including phenoxy) is 1. The van der Waals surface area contributed by atoms with E-state index >= 15 is 0 Å². The second-order valence-electron chi connectivity index (χ2n) is 4.62. The van der Waals surface area contributed by atoms with Crippen molar-refractivity contribution < 1.29 is 13.2 Å². The molecule has 1 aromatic rings. The standard InChI is InChI=1S/C13H24N2O3S2/c1-4-6-14-10-12-9-13(19-11-12)20(16,17)15(2)7-5-8-18-3/h9,11,14H,4-8,10H2,1-3H3. The van der Waals surface area contributed by atoms with Crippen LogP contribution in [0.25, 0.3) is 0 Å². The molecule has 0 aromatic carbocycles. The van der Waals surface area contributed by atoms with Gasteiger partial charge in [0.15, 0.2) is 0 Å². The normalized spacial score (nSPS) is 12.2. The molecule has 0 radical (unpaired) electrons. The van der Waals surface area contributed by atoms with Crippen LogP contribution >= 0.6 is 11.3 Å². The van der Waals surface area contributed by atoms with E-state index in [1.54, 1.807) is 20.2 Å². The SMILES string of the molecule is CCCNCc1csc(S(=O)(=O)N(C)CCCOC)c1. The lowest BCUT2D eigenvalue weighted by Gasteiger charge is -2.15. The smallest absolute Gasteiger partial charge is 0.252 e. The number of hydrogen-bond donors (Lipinski definition) is 1. The van der Waals surface area contributed by atoms with Gasteiger partial charge in [-0.2, -0.15) is 0 Å². The van der Waals surface area contributed by atoms with Crippen LogP contribution in [0.4, 0.5) is 0 Å². The zero-order valence-corrected chi connectivity index (χ0v) is 14.0. The minimum absolute atomic E-state index is 0.408. The highest BCUT2D eigenvalue weighted by Crippen LogP contribution is 2.23. The van der Waals surface area contributed by atoms with Crippen molar-refractivity contribution in [2.75, 3.05) is 33.9 Å². The van der Waals surface area contributed by atoms with Crippen molar-refractivity contribution in [1.29, 1.82) is 0 Å². The fourth-order valence-corrected chi connectivity index (χ4v) is 4.32. The van der Waals surface area contributed by atoms with Gasteiger partial charge in [-0.1, -0.05) is 6.92 Å². The second-order valence-corrected chi connectivity index (χ2v) is 7.81. The topological polar surface area (TPSA) is 58.6 Å². The number of nitrogens with one attached hydrogen (secondary N) is 1. The van der Waals surface area contributed by atoms with Gasteiger partial charge in [0.1, 0.15) is 4.21 Å². The molecule has 7 heteroatoms. The minimum atomic E-state index is -3.36. The predicted octanol–water partition coefficient (Wildman–Crippen LogP) is 1.90. The van der Waals surface area contributed by atoms with Gasteiger partial charge in [0.05, 0.1) is 0 Å². The van der Waals surface area contributed by atoms with Crippen molar-refractivity contribution >= 4 is 21.4 Å². The number of sulfonamides is 1. The van der Waals surface area contributed by atoms with Crippen molar-refractivity contribution in [2.45, 2.75) is 30.5 Å². The van der Waals surface area contributed by atoms with Crippen molar-refractivity contribution in [3.05, 3.63) is 17.0 Å². The Morgan fingerprint density at radius 3 is 2.85 bits per heavy atom. The lowest BCUT2D eigenvalue weighted by molar-refractivity contribution is 0.189. The quantitative estimate of drug-likeness (QED) is 0.669. The van der Waals surface area contributed by atoms with E-state index in [1.807, 2.05) is 5.38 Å². The van der Waals surface area contributed by atoms with E-state index in [-0.39, 0.29) is 0 Å². The summed E-state index contributed by atoms with van der Waals surface area (Å²) in [6.45, 7) is 4.79. The molecule has 0 bridgehead atoms. The van der Waals surface area contributed by atoms with Gasteiger partial charge in [0, 0.05) is 33.9 Å². The summed E-state index contributed by atoms with van der Waals surface area (Å²) in [7, 11) is -0.135. The third-order valence-electron chi connectivity index (χ3n) is 2.87. The van der Waals surface area contributed by atoms with Crippen LogP contribution in [0.2, 0.25) is 0 Å². The van der Waals surface area contributed by atoms with Gasteiger partial charge < -0.3 is 10.1 Å². The first-order valence-electron chi connectivity index (χ1n) is 6.75. The number of rotatable bonds is 10. The van der Waals surface area contributed by atoms with Gasteiger partial charge in [-0.25, -0.2) is 12.7 Å². The number of hydrogen-bond acceptors (Lipinski definition) is 5. The van der Waals surface area contributed by atoms with Crippen LogP contribution in [0.5, 0.6) is 0 Å². The highest BCUT2D eigenvalue weighted by Gasteiger charge is 2.22. The Morgan fingerprint density at radius 1 is 1.45 bits per heavy atom. The summed E-state index contributed by atoms with van der Waals surface area (Å²) in [5.74, 6) is 0. The summed E-state index contributed by atoms with van der Waals surface area (Å²) >= 11 is 1.28. The van der Waals surface area contributed by atoms with Gasteiger partial charge in [-0.15, -0.1) is 11.3 Å². The molecule has 0 aliphatic carbocycles. The Bertz CT molecular complexity index is 486. The molecule has 0 spiro atoms. The van der Waals surface area contributed by atoms with Crippen LogP contribution in [-0.2, 0) is 21.3 Å². The summed E-state index contributed by atoms with van der Waals surface area (Å²) in [6, 6.07) is 1.76. The monoisotopic (exact) mass is 320 g/mol. The van der Waals surface area contributed by atoms with E-state index in [0.717, 1.165) is 18.5 Å². The van der Waals surface area contributed by atoms with Crippen molar-refractivity contribution in [1.82, 2.24) is 9.62 Å². The Hall–Kier alpha value is -0.470. The van der Waals surface area contributed by atoms with Gasteiger partial charge in [-0.3, -0.25) is 0 Å². The molecule has 20 heavy (non-hydrogen) atoms. The molecular weight excluding hydrogens is 296 g/mol. The Morgan fingerprint density at radius 2 is 2.20 bits per heavy atom. The molecule has 116 valence electrons. The maximum absolute atomic E-state index is 12.3.